The molecular formula is C29H20N2O4. The van der Waals surface area contributed by atoms with Gasteiger partial charge in [-0.3, -0.25) is 14.5 Å². The highest BCUT2D eigenvalue weighted by Gasteiger charge is 2.44. The lowest BCUT2D eigenvalue weighted by molar-refractivity contribution is 0.0970. The number of hydrogen-bond acceptors (Lipinski definition) is 5. The van der Waals surface area contributed by atoms with Crippen molar-refractivity contribution in [1.82, 2.24) is 4.98 Å². The molecule has 5 aromatic rings. The molecule has 0 aliphatic carbocycles. The number of carbonyl (C=O) groups excluding carboxylic acids is 1. The summed E-state index contributed by atoms with van der Waals surface area (Å²) < 4.78 is 12.0. The van der Waals surface area contributed by atoms with E-state index in [-0.39, 0.29) is 11.2 Å². The number of anilines is 1. The first-order chi connectivity index (χ1) is 17.1. The predicted octanol–water partition coefficient (Wildman–Crippen LogP) is 6.04. The fourth-order valence-electron chi connectivity index (χ4n) is 4.45. The summed E-state index contributed by atoms with van der Waals surface area (Å²) in [6, 6.07) is 26.8. The fraction of sp³-hybridized carbons (Fsp3) is 0.0690. The summed E-state index contributed by atoms with van der Waals surface area (Å²) >= 11 is 0. The molecule has 1 amide bonds. The molecule has 0 saturated carbocycles. The molecule has 3 aromatic carbocycles. The molecule has 6 heteroatoms. The van der Waals surface area contributed by atoms with E-state index in [1.54, 1.807) is 36.5 Å². The number of ether oxygens (including phenoxy) is 1. The van der Waals surface area contributed by atoms with Gasteiger partial charge in [-0.05, 0) is 60.5 Å². The van der Waals surface area contributed by atoms with Crippen LogP contribution < -0.4 is 15.1 Å². The zero-order valence-corrected chi connectivity index (χ0v) is 18.8. The number of aryl methyl sites for hydroxylation is 1. The number of para-hydroxylation sites is 2. The monoisotopic (exact) mass is 460 g/mol. The summed E-state index contributed by atoms with van der Waals surface area (Å²) in [6.07, 6.45) is 1.70. The molecule has 2 aromatic heterocycles. The quantitative estimate of drug-likeness (QED) is 0.327. The van der Waals surface area contributed by atoms with Crippen molar-refractivity contribution < 1.29 is 13.9 Å². The van der Waals surface area contributed by atoms with Crippen LogP contribution in [0.5, 0.6) is 11.5 Å². The molecule has 1 atom stereocenters. The molecule has 6 rings (SSSR count). The first kappa shape index (κ1) is 20.9. The molecule has 0 radical (unpaired) electrons. The molecule has 0 saturated heterocycles. The Balaban J connectivity index is 1.55. The largest absolute Gasteiger partial charge is 0.457 e. The molecule has 170 valence electrons. The van der Waals surface area contributed by atoms with Crippen molar-refractivity contribution in [3.63, 3.8) is 0 Å². The van der Waals surface area contributed by atoms with Gasteiger partial charge in [-0.15, -0.1) is 0 Å². The zero-order chi connectivity index (χ0) is 23.9. The highest BCUT2D eigenvalue weighted by molar-refractivity contribution is 6.10. The van der Waals surface area contributed by atoms with Gasteiger partial charge in [0.2, 0.25) is 5.76 Å². The van der Waals surface area contributed by atoms with E-state index >= 15 is 0 Å². The Morgan fingerprint density at radius 1 is 0.857 bits per heavy atom. The SMILES string of the molecule is Cc1ccc(N2C(=O)c3oc4ccccc4c(=O)c3[C@H]2c2cccc(Oc3ccccc3)c2)nc1. The number of benzene rings is 3. The first-order valence-electron chi connectivity index (χ1n) is 11.2. The summed E-state index contributed by atoms with van der Waals surface area (Å²) in [6.45, 7) is 1.93. The van der Waals surface area contributed by atoms with E-state index in [0.717, 1.165) is 11.1 Å². The summed E-state index contributed by atoms with van der Waals surface area (Å²) in [5, 5.41) is 0.430. The molecule has 0 unspecified atom stereocenters. The molecule has 6 nitrogen and oxygen atoms in total. The second kappa shape index (κ2) is 8.25. The minimum Gasteiger partial charge on any atom is -0.457 e. The van der Waals surface area contributed by atoms with Gasteiger partial charge in [0.05, 0.1) is 17.0 Å². The Morgan fingerprint density at radius 3 is 2.43 bits per heavy atom. The van der Waals surface area contributed by atoms with Gasteiger partial charge in [0.15, 0.2) is 5.43 Å². The van der Waals surface area contributed by atoms with Crippen molar-refractivity contribution in [2.45, 2.75) is 13.0 Å². The maximum atomic E-state index is 13.7. The highest BCUT2D eigenvalue weighted by atomic mass is 16.5. The topological polar surface area (TPSA) is 72.6 Å². The van der Waals surface area contributed by atoms with Gasteiger partial charge in [0.25, 0.3) is 5.91 Å². The average Bonchev–Trinajstić information content (AvgIpc) is 3.18. The molecule has 0 fully saturated rings. The summed E-state index contributed by atoms with van der Waals surface area (Å²) in [4.78, 5) is 33.3. The van der Waals surface area contributed by atoms with Gasteiger partial charge in [-0.25, -0.2) is 4.98 Å². The average molecular weight is 460 g/mol. The van der Waals surface area contributed by atoms with Crippen LogP contribution in [0.2, 0.25) is 0 Å². The highest BCUT2D eigenvalue weighted by Crippen LogP contribution is 2.41. The third-order valence-corrected chi connectivity index (χ3v) is 6.07. The maximum absolute atomic E-state index is 13.7. The fourth-order valence-corrected chi connectivity index (χ4v) is 4.45. The summed E-state index contributed by atoms with van der Waals surface area (Å²) in [5.74, 6) is 1.36. The van der Waals surface area contributed by atoms with Gasteiger partial charge in [-0.2, -0.15) is 0 Å². The first-order valence-corrected chi connectivity index (χ1v) is 11.2. The van der Waals surface area contributed by atoms with Gasteiger partial charge >= 0.3 is 0 Å². The van der Waals surface area contributed by atoms with Crippen LogP contribution in [-0.2, 0) is 0 Å². The van der Waals surface area contributed by atoms with Crippen LogP contribution in [0.15, 0.2) is 106 Å². The van der Waals surface area contributed by atoms with Gasteiger partial charge in [0.1, 0.15) is 22.9 Å². The number of fused-ring (bicyclic) bond motifs is 2. The Labute approximate surface area is 201 Å². The number of nitrogens with zero attached hydrogens (tertiary/aromatic N) is 2. The van der Waals surface area contributed by atoms with E-state index in [4.69, 9.17) is 9.15 Å². The van der Waals surface area contributed by atoms with Crippen LogP contribution in [0.4, 0.5) is 5.82 Å². The zero-order valence-electron chi connectivity index (χ0n) is 18.8. The lowest BCUT2D eigenvalue weighted by Gasteiger charge is -2.24. The number of amides is 1. The Morgan fingerprint density at radius 2 is 1.63 bits per heavy atom. The number of aromatic nitrogens is 1. The van der Waals surface area contributed by atoms with Crippen molar-refractivity contribution in [1.29, 1.82) is 0 Å². The Hall–Kier alpha value is -4.71. The molecule has 3 heterocycles. The predicted molar refractivity (Wildman–Crippen MR) is 133 cm³/mol. The molecule has 1 aliphatic rings. The smallest absolute Gasteiger partial charge is 0.296 e. The van der Waals surface area contributed by atoms with E-state index in [2.05, 4.69) is 4.98 Å². The number of pyridine rings is 1. The third kappa shape index (κ3) is 3.56. The molecule has 0 bridgehead atoms. The van der Waals surface area contributed by atoms with Crippen LogP contribution in [0.3, 0.4) is 0 Å². The molecule has 0 spiro atoms. The Bertz CT molecular complexity index is 1630. The van der Waals surface area contributed by atoms with Crippen molar-refractivity contribution in [3.8, 4) is 11.5 Å². The lowest BCUT2D eigenvalue weighted by Crippen LogP contribution is -2.30. The van der Waals surface area contributed by atoms with Crippen molar-refractivity contribution in [2.75, 3.05) is 4.90 Å². The van der Waals surface area contributed by atoms with Crippen LogP contribution in [0, 0.1) is 6.92 Å². The Kier molecular flexibility index (Phi) is 4.92. The van der Waals surface area contributed by atoms with E-state index in [0.29, 0.717) is 33.8 Å². The van der Waals surface area contributed by atoms with Crippen LogP contribution in [0.1, 0.15) is 33.3 Å². The second-order valence-electron chi connectivity index (χ2n) is 8.43. The molecule has 1 aliphatic heterocycles. The number of carbonyl (C=O) groups is 1. The van der Waals surface area contributed by atoms with E-state index < -0.39 is 11.9 Å². The molecule has 35 heavy (non-hydrogen) atoms. The standard InChI is InChI=1S/C29H20N2O4/c1-18-14-15-24(30-17-18)31-26(19-8-7-11-21(16-19)34-20-9-3-2-4-10-20)25-27(32)22-12-5-6-13-23(22)35-28(25)29(31)33/h2-17,26H,1H3/t26-/m1/s1. The lowest BCUT2D eigenvalue weighted by atomic mass is 9.98. The van der Waals surface area contributed by atoms with Crippen molar-refractivity contribution >= 4 is 22.7 Å². The normalized spacial score (nSPS) is 14.8. The number of rotatable bonds is 4. The van der Waals surface area contributed by atoms with Crippen LogP contribution in [0.25, 0.3) is 11.0 Å². The summed E-state index contributed by atoms with van der Waals surface area (Å²) in [5.41, 5.74) is 2.13. The minimum absolute atomic E-state index is 0.0375. The van der Waals surface area contributed by atoms with E-state index in [1.807, 2.05) is 67.6 Å². The van der Waals surface area contributed by atoms with Crippen LogP contribution >= 0.6 is 0 Å². The molecular weight excluding hydrogens is 440 g/mol. The van der Waals surface area contributed by atoms with Crippen molar-refractivity contribution in [3.05, 3.63) is 130 Å². The van der Waals surface area contributed by atoms with E-state index in [1.165, 1.54) is 4.90 Å². The second-order valence-corrected chi connectivity index (χ2v) is 8.43. The van der Waals surface area contributed by atoms with Crippen molar-refractivity contribution in [2.24, 2.45) is 0 Å². The van der Waals surface area contributed by atoms with Gasteiger partial charge < -0.3 is 9.15 Å². The van der Waals surface area contributed by atoms with Gasteiger partial charge in [-0.1, -0.05) is 48.5 Å². The maximum Gasteiger partial charge on any atom is 0.296 e. The third-order valence-electron chi connectivity index (χ3n) is 6.07. The summed E-state index contributed by atoms with van der Waals surface area (Å²) in [7, 11) is 0. The minimum atomic E-state index is -0.715. The molecule has 0 N–H and O–H groups in total. The van der Waals surface area contributed by atoms with E-state index in [9.17, 15) is 9.59 Å². The number of hydrogen-bond donors (Lipinski definition) is 0. The van der Waals surface area contributed by atoms with Gasteiger partial charge in [0, 0.05) is 6.20 Å². The van der Waals surface area contributed by atoms with Crippen LogP contribution in [-0.4, -0.2) is 10.9 Å².